The minimum absolute atomic E-state index is 0.274. The van der Waals surface area contributed by atoms with E-state index in [1.807, 2.05) is 24.3 Å². The molecule has 0 amide bonds. The van der Waals surface area contributed by atoms with E-state index >= 15 is 0 Å². The summed E-state index contributed by atoms with van der Waals surface area (Å²) in [7, 11) is 0. The van der Waals surface area contributed by atoms with E-state index in [2.05, 4.69) is 11.4 Å². The van der Waals surface area contributed by atoms with Gasteiger partial charge in [0.15, 0.2) is 6.10 Å². The van der Waals surface area contributed by atoms with Crippen LogP contribution in [0.3, 0.4) is 0 Å². The Labute approximate surface area is 133 Å². The highest BCUT2D eigenvalue weighted by Crippen LogP contribution is 2.23. The van der Waals surface area contributed by atoms with Gasteiger partial charge >= 0.3 is 0 Å². The largest absolute Gasteiger partial charge is 0.476 e. The Hall–Kier alpha value is -1.57. The highest BCUT2D eigenvalue weighted by atomic mass is 16.5. The molecule has 1 fully saturated rings. The molecule has 0 aliphatic heterocycles. The van der Waals surface area contributed by atoms with Crippen LogP contribution in [0, 0.1) is 17.2 Å². The van der Waals surface area contributed by atoms with Crippen molar-refractivity contribution in [2.24, 2.45) is 5.92 Å². The van der Waals surface area contributed by atoms with Crippen molar-refractivity contribution in [3.63, 3.8) is 0 Å². The van der Waals surface area contributed by atoms with Crippen molar-refractivity contribution in [1.29, 1.82) is 5.26 Å². The molecule has 0 heterocycles. The van der Waals surface area contributed by atoms with Gasteiger partial charge in [0.05, 0.1) is 0 Å². The van der Waals surface area contributed by atoms with Crippen molar-refractivity contribution in [3.05, 3.63) is 29.8 Å². The second-order valence-corrected chi connectivity index (χ2v) is 6.10. The van der Waals surface area contributed by atoms with Crippen LogP contribution in [0.2, 0.25) is 0 Å². The van der Waals surface area contributed by atoms with Crippen molar-refractivity contribution in [2.75, 3.05) is 6.61 Å². The Kier molecular flexibility index (Phi) is 6.70. The van der Waals surface area contributed by atoms with E-state index < -0.39 is 6.10 Å². The maximum Gasteiger partial charge on any atom is 0.181 e. The maximum atomic E-state index is 9.54. The molecule has 0 spiro atoms. The van der Waals surface area contributed by atoms with E-state index in [9.17, 15) is 5.11 Å². The second kappa shape index (κ2) is 8.77. The molecule has 1 aliphatic rings. The number of hydrogen-bond acceptors (Lipinski definition) is 4. The van der Waals surface area contributed by atoms with Gasteiger partial charge < -0.3 is 15.2 Å². The van der Waals surface area contributed by atoms with Gasteiger partial charge in [0.2, 0.25) is 0 Å². The molecule has 1 aromatic carbocycles. The van der Waals surface area contributed by atoms with Crippen LogP contribution in [0.15, 0.2) is 24.3 Å². The average molecular weight is 302 g/mol. The normalized spacial score (nSPS) is 23.3. The summed E-state index contributed by atoms with van der Waals surface area (Å²) in [6.45, 7) is 2.81. The van der Waals surface area contributed by atoms with Gasteiger partial charge in [-0.1, -0.05) is 31.4 Å². The fraction of sp³-hybridized carbons (Fsp3) is 0.611. The molecular weight excluding hydrogens is 276 g/mol. The fourth-order valence-corrected chi connectivity index (χ4v) is 3.04. The first-order chi connectivity index (χ1) is 10.7. The number of hydrogen-bond donors (Lipinski definition) is 2. The van der Waals surface area contributed by atoms with Crippen molar-refractivity contribution in [2.45, 2.75) is 57.7 Å². The van der Waals surface area contributed by atoms with Crippen LogP contribution in [-0.2, 0) is 6.54 Å². The van der Waals surface area contributed by atoms with Gasteiger partial charge in [-0.2, -0.15) is 5.26 Å². The van der Waals surface area contributed by atoms with Crippen molar-refractivity contribution in [3.8, 4) is 11.8 Å². The summed E-state index contributed by atoms with van der Waals surface area (Å²) in [5, 5.41) is 21.9. The summed E-state index contributed by atoms with van der Waals surface area (Å²) in [6.07, 6.45) is 5.58. The van der Waals surface area contributed by atoms with E-state index in [4.69, 9.17) is 10.00 Å². The van der Waals surface area contributed by atoms with E-state index in [-0.39, 0.29) is 6.61 Å². The van der Waals surface area contributed by atoms with Gasteiger partial charge in [0, 0.05) is 19.2 Å². The summed E-state index contributed by atoms with van der Waals surface area (Å²) in [4.78, 5) is 0. The highest BCUT2D eigenvalue weighted by molar-refractivity contribution is 5.27. The lowest BCUT2D eigenvalue weighted by Crippen LogP contribution is -2.36. The molecule has 1 aromatic rings. The Morgan fingerprint density at radius 2 is 2.00 bits per heavy atom. The van der Waals surface area contributed by atoms with Gasteiger partial charge in [-0.15, -0.1) is 0 Å². The van der Waals surface area contributed by atoms with E-state index in [0.29, 0.717) is 12.0 Å². The zero-order valence-corrected chi connectivity index (χ0v) is 13.3. The smallest absolute Gasteiger partial charge is 0.181 e. The lowest BCUT2D eigenvalue weighted by molar-refractivity contribution is 0.181. The number of aliphatic hydroxyl groups excluding tert-OH is 1. The molecule has 22 heavy (non-hydrogen) atoms. The van der Waals surface area contributed by atoms with Crippen molar-refractivity contribution in [1.82, 2.24) is 5.32 Å². The lowest BCUT2D eigenvalue weighted by atomic mass is 9.95. The van der Waals surface area contributed by atoms with Gasteiger partial charge in [-0.3, -0.25) is 0 Å². The third-order valence-corrected chi connectivity index (χ3v) is 4.38. The van der Waals surface area contributed by atoms with Crippen LogP contribution in [0.1, 0.15) is 44.6 Å². The predicted octanol–water partition coefficient (Wildman–Crippen LogP) is 3.01. The first kappa shape index (κ1) is 16.8. The number of benzene rings is 1. The van der Waals surface area contributed by atoms with Crippen LogP contribution in [0.25, 0.3) is 0 Å². The van der Waals surface area contributed by atoms with Crippen molar-refractivity contribution < 1.29 is 9.84 Å². The topological polar surface area (TPSA) is 65.3 Å². The number of nitriles is 1. The van der Waals surface area contributed by atoms with Crippen LogP contribution >= 0.6 is 0 Å². The summed E-state index contributed by atoms with van der Waals surface area (Å²) < 4.78 is 5.45. The lowest BCUT2D eigenvalue weighted by Gasteiger charge is -2.24. The van der Waals surface area contributed by atoms with Gasteiger partial charge in [-0.05, 0) is 43.4 Å². The average Bonchev–Trinajstić information content (AvgIpc) is 2.79. The quantitative estimate of drug-likeness (QED) is 0.793. The third kappa shape index (κ3) is 5.01. The molecule has 1 aliphatic carbocycles. The minimum atomic E-state index is -0.430. The number of rotatable bonds is 6. The summed E-state index contributed by atoms with van der Waals surface area (Å²) >= 11 is 0. The Balaban J connectivity index is 1.86. The molecular formula is C18H26N2O2. The van der Waals surface area contributed by atoms with Gasteiger partial charge in [0.1, 0.15) is 11.8 Å². The van der Waals surface area contributed by atoms with Crippen LogP contribution < -0.4 is 10.1 Å². The Morgan fingerprint density at radius 1 is 1.27 bits per heavy atom. The van der Waals surface area contributed by atoms with E-state index in [0.717, 1.165) is 25.1 Å². The number of ether oxygens (including phenoxy) is 1. The molecule has 4 heteroatoms. The minimum Gasteiger partial charge on any atom is -0.476 e. The molecule has 3 atom stereocenters. The SMILES string of the molecule is CC(C#N)Oc1ccc(CNC2CCCCCC2CO)cc1. The number of nitrogens with zero attached hydrogens (tertiary/aromatic N) is 1. The molecule has 0 saturated heterocycles. The Morgan fingerprint density at radius 3 is 2.68 bits per heavy atom. The van der Waals surface area contributed by atoms with Gasteiger partial charge in [0.25, 0.3) is 0 Å². The molecule has 2 N–H and O–H groups in total. The fourth-order valence-electron chi connectivity index (χ4n) is 3.04. The molecule has 0 aromatic heterocycles. The van der Waals surface area contributed by atoms with Crippen molar-refractivity contribution >= 4 is 0 Å². The maximum absolute atomic E-state index is 9.54. The third-order valence-electron chi connectivity index (χ3n) is 4.38. The molecule has 120 valence electrons. The van der Waals surface area contributed by atoms with Crippen LogP contribution in [0.4, 0.5) is 0 Å². The first-order valence-corrected chi connectivity index (χ1v) is 8.22. The molecule has 4 nitrogen and oxygen atoms in total. The van der Waals surface area contributed by atoms with E-state index in [1.165, 1.54) is 24.8 Å². The highest BCUT2D eigenvalue weighted by Gasteiger charge is 2.22. The predicted molar refractivity (Wildman–Crippen MR) is 86.4 cm³/mol. The van der Waals surface area contributed by atoms with Crippen LogP contribution in [0.5, 0.6) is 5.75 Å². The molecule has 1 saturated carbocycles. The first-order valence-electron chi connectivity index (χ1n) is 8.22. The summed E-state index contributed by atoms with van der Waals surface area (Å²) in [5.74, 6) is 1.10. The molecule has 3 unspecified atom stereocenters. The zero-order valence-electron chi connectivity index (χ0n) is 13.3. The monoisotopic (exact) mass is 302 g/mol. The molecule has 0 bridgehead atoms. The molecule has 2 rings (SSSR count). The summed E-state index contributed by atoms with van der Waals surface area (Å²) in [5.41, 5.74) is 1.19. The summed E-state index contributed by atoms with van der Waals surface area (Å²) in [6, 6.07) is 10.3. The number of aliphatic hydroxyl groups is 1. The zero-order chi connectivity index (χ0) is 15.8. The Bertz CT molecular complexity index is 481. The van der Waals surface area contributed by atoms with E-state index in [1.54, 1.807) is 6.92 Å². The van der Waals surface area contributed by atoms with Crippen LogP contribution in [-0.4, -0.2) is 23.9 Å². The van der Waals surface area contributed by atoms with Gasteiger partial charge in [-0.25, -0.2) is 0 Å². The number of nitrogens with one attached hydrogen (secondary N) is 1. The molecule has 0 radical (unpaired) electrons. The second-order valence-electron chi connectivity index (χ2n) is 6.10. The standard InChI is InChI=1S/C18H26N2O2/c1-14(11-19)22-17-9-7-15(8-10-17)12-20-18-6-4-2-3-5-16(18)13-21/h7-10,14,16,18,20-21H,2-6,12-13H2,1H3.